The summed E-state index contributed by atoms with van der Waals surface area (Å²) in [5, 5.41) is 3.36. The Hall–Kier alpha value is -3.72. The number of benzene rings is 4. The lowest BCUT2D eigenvalue weighted by atomic mass is 10.0. The first kappa shape index (κ1) is 26.9. The number of hydrogen-bond donors (Lipinski definition) is 2. The van der Waals surface area contributed by atoms with Crippen LogP contribution >= 0.6 is 11.6 Å². The molecule has 0 unspecified atom stereocenters. The molecule has 5 rings (SSSR count). The number of carbonyl (C=O) groups is 1. The van der Waals surface area contributed by atoms with Crippen molar-refractivity contribution in [1.29, 1.82) is 0 Å². The molecular weight excluding hydrogens is 539 g/mol. The number of anilines is 1. The number of ether oxygens (including phenoxy) is 1. The molecule has 39 heavy (non-hydrogen) atoms. The van der Waals surface area contributed by atoms with E-state index in [4.69, 9.17) is 16.3 Å². The van der Waals surface area contributed by atoms with Gasteiger partial charge in [-0.05, 0) is 85.0 Å². The number of sulfonamides is 1. The molecular formula is C30H26ClFN2O4S. The number of aryl methyl sites for hydroxylation is 1. The molecule has 0 atom stereocenters. The van der Waals surface area contributed by atoms with Gasteiger partial charge in [0.1, 0.15) is 17.3 Å². The molecule has 1 saturated carbocycles. The lowest BCUT2D eigenvalue weighted by Gasteiger charge is -2.15. The van der Waals surface area contributed by atoms with E-state index in [1.807, 2.05) is 0 Å². The third kappa shape index (κ3) is 6.84. The van der Waals surface area contributed by atoms with Crippen LogP contribution in [0, 0.1) is 12.7 Å². The number of rotatable bonds is 9. The number of nitrogens with one attached hydrogen (secondary N) is 2. The van der Waals surface area contributed by atoms with Crippen molar-refractivity contribution in [3.8, 4) is 22.6 Å². The third-order valence-corrected chi connectivity index (χ3v) is 8.04. The van der Waals surface area contributed by atoms with Gasteiger partial charge in [-0.3, -0.25) is 4.79 Å². The lowest BCUT2D eigenvalue weighted by Crippen LogP contribution is -2.25. The summed E-state index contributed by atoms with van der Waals surface area (Å²) in [6.45, 7) is 1.69. The largest absolute Gasteiger partial charge is 0.457 e. The van der Waals surface area contributed by atoms with Gasteiger partial charge in [0.2, 0.25) is 15.9 Å². The van der Waals surface area contributed by atoms with E-state index < -0.39 is 10.0 Å². The van der Waals surface area contributed by atoms with Gasteiger partial charge < -0.3 is 10.1 Å². The summed E-state index contributed by atoms with van der Waals surface area (Å²) in [6, 6.07) is 23.3. The normalized spacial score (nSPS) is 13.2. The van der Waals surface area contributed by atoms with Crippen LogP contribution in [0.3, 0.4) is 0 Å². The second-order valence-corrected chi connectivity index (χ2v) is 11.6. The second kappa shape index (κ2) is 11.2. The van der Waals surface area contributed by atoms with Gasteiger partial charge in [0.25, 0.3) is 0 Å². The van der Waals surface area contributed by atoms with E-state index in [0.717, 1.165) is 12.8 Å². The van der Waals surface area contributed by atoms with E-state index >= 15 is 0 Å². The SMILES string of the molecule is Cc1ccc(-c2ccc(NC(=O)Cc3ccc(S(=O)(=O)NC4CC4)cc3)cc2Oc2cccc(Cl)c2)cc1F. The summed E-state index contributed by atoms with van der Waals surface area (Å²) in [4.78, 5) is 13.0. The molecule has 0 spiro atoms. The third-order valence-electron chi connectivity index (χ3n) is 6.27. The summed E-state index contributed by atoms with van der Waals surface area (Å²) in [7, 11) is -3.55. The van der Waals surface area contributed by atoms with Crippen molar-refractivity contribution >= 4 is 33.2 Å². The highest BCUT2D eigenvalue weighted by molar-refractivity contribution is 7.89. The topological polar surface area (TPSA) is 84.5 Å². The first-order valence-corrected chi connectivity index (χ1v) is 14.3. The zero-order valence-corrected chi connectivity index (χ0v) is 22.7. The molecule has 1 fully saturated rings. The number of hydrogen-bond acceptors (Lipinski definition) is 4. The highest BCUT2D eigenvalue weighted by Crippen LogP contribution is 2.37. The Bertz CT molecular complexity index is 1640. The summed E-state index contributed by atoms with van der Waals surface area (Å²) >= 11 is 6.12. The predicted molar refractivity (Wildman–Crippen MR) is 150 cm³/mol. The molecule has 200 valence electrons. The predicted octanol–water partition coefficient (Wildman–Crippen LogP) is 6.87. The Kier molecular flexibility index (Phi) is 7.70. The maximum Gasteiger partial charge on any atom is 0.240 e. The van der Waals surface area contributed by atoms with E-state index in [0.29, 0.717) is 44.5 Å². The smallest absolute Gasteiger partial charge is 0.240 e. The highest BCUT2D eigenvalue weighted by atomic mass is 35.5. The van der Waals surface area contributed by atoms with Crippen LogP contribution in [0.1, 0.15) is 24.0 Å². The molecule has 4 aromatic carbocycles. The monoisotopic (exact) mass is 564 g/mol. The zero-order valence-electron chi connectivity index (χ0n) is 21.1. The van der Waals surface area contributed by atoms with Crippen molar-refractivity contribution < 1.29 is 22.3 Å². The van der Waals surface area contributed by atoms with Crippen LogP contribution in [0.5, 0.6) is 11.5 Å². The summed E-state index contributed by atoms with van der Waals surface area (Å²) in [5.74, 6) is 0.285. The number of carbonyl (C=O) groups excluding carboxylic acids is 1. The molecule has 0 saturated heterocycles. The van der Waals surface area contributed by atoms with E-state index in [9.17, 15) is 17.6 Å². The Morgan fingerprint density at radius 2 is 1.77 bits per heavy atom. The minimum absolute atomic E-state index is 0.0182. The van der Waals surface area contributed by atoms with Crippen molar-refractivity contribution in [3.05, 3.63) is 107 Å². The average Bonchev–Trinajstić information content (AvgIpc) is 3.70. The van der Waals surface area contributed by atoms with Crippen LogP contribution in [0.2, 0.25) is 5.02 Å². The molecule has 1 aliphatic rings. The van der Waals surface area contributed by atoms with Crippen molar-refractivity contribution in [2.24, 2.45) is 0 Å². The minimum atomic E-state index is -3.55. The first-order valence-electron chi connectivity index (χ1n) is 12.4. The maximum absolute atomic E-state index is 14.3. The fraction of sp³-hybridized carbons (Fsp3) is 0.167. The Morgan fingerprint density at radius 3 is 2.46 bits per heavy atom. The van der Waals surface area contributed by atoms with Crippen LogP contribution < -0.4 is 14.8 Å². The molecule has 0 aliphatic heterocycles. The minimum Gasteiger partial charge on any atom is -0.457 e. The lowest BCUT2D eigenvalue weighted by molar-refractivity contribution is -0.115. The first-order chi connectivity index (χ1) is 18.7. The summed E-state index contributed by atoms with van der Waals surface area (Å²) < 4.78 is 47.8. The van der Waals surface area contributed by atoms with Crippen LogP contribution in [-0.4, -0.2) is 20.4 Å². The van der Waals surface area contributed by atoms with Gasteiger partial charge in [-0.15, -0.1) is 0 Å². The summed E-state index contributed by atoms with van der Waals surface area (Å²) in [6.07, 6.45) is 1.75. The highest BCUT2D eigenvalue weighted by Gasteiger charge is 2.27. The van der Waals surface area contributed by atoms with Crippen molar-refractivity contribution in [2.75, 3.05) is 5.32 Å². The molecule has 1 aliphatic carbocycles. The van der Waals surface area contributed by atoms with Crippen molar-refractivity contribution in [1.82, 2.24) is 4.72 Å². The van der Waals surface area contributed by atoms with Crippen LogP contribution in [0.4, 0.5) is 10.1 Å². The van der Waals surface area contributed by atoms with E-state index in [2.05, 4.69) is 10.0 Å². The van der Waals surface area contributed by atoms with E-state index in [1.165, 1.54) is 18.2 Å². The van der Waals surface area contributed by atoms with E-state index in [-0.39, 0.29) is 29.1 Å². The molecule has 0 aromatic heterocycles. The zero-order chi connectivity index (χ0) is 27.6. The van der Waals surface area contributed by atoms with Crippen LogP contribution in [0.15, 0.2) is 89.8 Å². The molecule has 0 heterocycles. The Labute approximate surface area is 231 Å². The Balaban J connectivity index is 1.34. The molecule has 9 heteroatoms. The Morgan fingerprint density at radius 1 is 1.00 bits per heavy atom. The van der Waals surface area contributed by atoms with Gasteiger partial charge in [0, 0.05) is 28.4 Å². The van der Waals surface area contributed by atoms with E-state index in [1.54, 1.807) is 73.7 Å². The average molecular weight is 565 g/mol. The number of halogens is 2. The van der Waals surface area contributed by atoms with Gasteiger partial charge in [-0.25, -0.2) is 17.5 Å². The van der Waals surface area contributed by atoms with Gasteiger partial charge in [0.05, 0.1) is 11.3 Å². The van der Waals surface area contributed by atoms with Gasteiger partial charge >= 0.3 is 0 Å². The molecule has 1 amide bonds. The van der Waals surface area contributed by atoms with Gasteiger partial charge in [-0.1, -0.05) is 41.9 Å². The summed E-state index contributed by atoms with van der Waals surface area (Å²) in [5.41, 5.74) is 2.95. The fourth-order valence-corrected chi connectivity index (χ4v) is 5.49. The number of amides is 1. The second-order valence-electron chi connectivity index (χ2n) is 9.50. The molecule has 0 bridgehead atoms. The van der Waals surface area contributed by atoms with Crippen LogP contribution in [0.25, 0.3) is 11.1 Å². The van der Waals surface area contributed by atoms with Gasteiger partial charge in [-0.2, -0.15) is 0 Å². The van der Waals surface area contributed by atoms with Crippen molar-refractivity contribution in [2.45, 2.75) is 37.1 Å². The fourth-order valence-electron chi connectivity index (χ4n) is 4.01. The molecule has 2 N–H and O–H groups in total. The molecule has 6 nitrogen and oxygen atoms in total. The quantitative estimate of drug-likeness (QED) is 0.232. The van der Waals surface area contributed by atoms with Crippen molar-refractivity contribution in [3.63, 3.8) is 0 Å². The maximum atomic E-state index is 14.3. The van der Waals surface area contributed by atoms with Gasteiger partial charge in [0.15, 0.2) is 0 Å². The standard InChI is InChI=1S/C30H26ClFN2O4S/c1-19-5-8-21(16-28(19)32)27-14-11-24(18-29(27)38-25-4-2-3-22(31)17-25)33-30(35)15-20-6-12-26(13-7-20)39(36,37)34-23-9-10-23/h2-8,11-14,16-18,23,34H,9-10,15H2,1H3,(H,33,35). The van der Waals surface area contributed by atoms with Crippen LogP contribution in [-0.2, 0) is 21.2 Å². The molecule has 0 radical (unpaired) electrons. The molecule has 4 aromatic rings.